The van der Waals surface area contributed by atoms with E-state index >= 15 is 0 Å². The average molecular weight is 236 g/mol. The Morgan fingerprint density at radius 1 is 0.889 bits per heavy atom. The standard InChI is InChI=1S/C17H16O/c1-3-17(14-8-5-4-6-9-14)16-11-7-10-15(12-16)13(2)18/h3-12H,1-2H3/b17-3+. The molecule has 0 fully saturated rings. The minimum atomic E-state index is 0.0976. The number of hydrogen-bond donors (Lipinski definition) is 0. The molecule has 0 bridgehead atoms. The number of carbonyl (C=O) groups is 1. The summed E-state index contributed by atoms with van der Waals surface area (Å²) in [4.78, 5) is 11.4. The summed E-state index contributed by atoms with van der Waals surface area (Å²) < 4.78 is 0. The quantitative estimate of drug-likeness (QED) is 0.724. The van der Waals surface area contributed by atoms with Gasteiger partial charge in [-0.05, 0) is 36.6 Å². The Kier molecular flexibility index (Phi) is 3.73. The third-order valence-electron chi connectivity index (χ3n) is 2.95. The van der Waals surface area contributed by atoms with Crippen LogP contribution in [0.15, 0.2) is 60.7 Å². The minimum Gasteiger partial charge on any atom is -0.295 e. The van der Waals surface area contributed by atoms with Gasteiger partial charge in [0.15, 0.2) is 5.78 Å². The topological polar surface area (TPSA) is 17.1 Å². The van der Waals surface area contributed by atoms with Crippen molar-refractivity contribution in [3.63, 3.8) is 0 Å². The molecule has 0 aliphatic carbocycles. The van der Waals surface area contributed by atoms with Crippen molar-refractivity contribution in [1.82, 2.24) is 0 Å². The Balaban J connectivity index is 2.47. The van der Waals surface area contributed by atoms with E-state index in [0.717, 1.165) is 16.7 Å². The second-order valence-electron chi connectivity index (χ2n) is 4.21. The van der Waals surface area contributed by atoms with Crippen molar-refractivity contribution < 1.29 is 4.79 Å². The van der Waals surface area contributed by atoms with E-state index in [-0.39, 0.29) is 5.78 Å². The van der Waals surface area contributed by atoms with Gasteiger partial charge in [-0.25, -0.2) is 0 Å². The molecule has 0 aliphatic heterocycles. The van der Waals surface area contributed by atoms with Gasteiger partial charge in [0.25, 0.3) is 0 Å². The van der Waals surface area contributed by atoms with Crippen LogP contribution in [0.25, 0.3) is 5.57 Å². The van der Waals surface area contributed by atoms with Crippen LogP contribution < -0.4 is 0 Å². The SMILES string of the molecule is C/C=C(\c1ccccc1)c1cccc(C(C)=O)c1. The van der Waals surface area contributed by atoms with Gasteiger partial charge in [-0.15, -0.1) is 0 Å². The molecule has 0 saturated heterocycles. The normalized spacial score (nSPS) is 11.3. The summed E-state index contributed by atoms with van der Waals surface area (Å²) in [6.07, 6.45) is 2.08. The number of allylic oxidation sites excluding steroid dienone is 1. The van der Waals surface area contributed by atoms with Crippen molar-refractivity contribution in [1.29, 1.82) is 0 Å². The number of carbonyl (C=O) groups excluding carboxylic acids is 1. The lowest BCUT2D eigenvalue weighted by molar-refractivity contribution is 0.101. The first-order valence-corrected chi connectivity index (χ1v) is 6.05. The predicted molar refractivity (Wildman–Crippen MR) is 75.6 cm³/mol. The van der Waals surface area contributed by atoms with Gasteiger partial charge in [0.1, 0.15) is 0 Å². The Bertz CT molecular complexity index is 580. The van der Waals surface area contributed by atoms with E-state index in [0.29, 0.717) is 0 Å². The summed E-state index contributed by atoms with van der Waals surface area (Å²) in [5.74, 6) is 0.0976. The first-order valence-electron chi connectivity index (χ1n) is 6.05. The summed E-state index contributed by atoms with van der Waals surface area (Å²) in [5.41, 5.74) is 4.15. The Morgan fingerprint density at radius 2 is 1.50 bits per heavy atom. The monoisotopic (exact) mass is 236 g/mol. The van der Waals surface area contributed by atoms with Crippen LogP contribution >= 0.6 is 0 Å². The number of Topliss-reactive ketones (excluding diaryl/α,β-unsaturated/α-hetero) is 1. The molecule has 0 unspecified atom stereocenters. The van der Waals surface area contributed by atoms with Crippen molar-refractivity contribution in [2.24, 2.45) is 0 Å². The van der Waals surface area contributed by atoms with Gasteiger partial charge in [0.05, 0.1) is 0 Å². The van der Waals surface area contributed by atoms with Crippen LogP contribution in [0.4, 0.5) is 0 Å². The summed E-state index contributed by atoms with van der Waals surface area (Å²) in [6, 6.07) is 18.0. The molecule has 1 heteroatoms. The second-order valence-corrected chi connectivity index (χ2v) is 4.21. The van der Waals surface area contributed by atoms with Crippen molar-refractivity contribution in [2.75, 3.05) is 0 Å². The number of benzene rings is 2. The maximum absolute atomic E-state index is 11.4. The molecule has 0 N–H and O–H groups in total. The second kappa shape index (κ2) is 5.46. The molecular formula is C17H16O. The zero-order valence-corrected chi connectivity index (χ0v) is 10.7. The molecule has 2 rings (SSSR count). The summed E-state index contributed by atoms with van der Waals surface area (Å²) in [5, 5.41) is 0. The number of hydrogen-bond acceptors (Lipinski definition) is 1. The Morgan fingerprint density at radius 3 is 2.11 bits per heavy atom. The van der Waals surface area contributed by atoms with Crippen LogP contribution in [0.1, 0.15) is 35.3 Å². The fourth-order valence-corrected chi connectivity index (χ4v) is 2.02. The van der Waals surface area contributed by atoms with Crippen LogP contribution in [0.2, 0.25) is 0 Å². The molecule has 18 heavy (non-hydrogen) atoms. The third-order valence-corrected chi connectivity index (χ3v) is 2.95. The molecular weight excluding hydrogens is 220 g/mol. The minimum absolute atomic E-state index is 0.0976. The third kappa shape index (κ3) is 2.57. The Labute approximate surface area is 108 Å². The fourth-order valence-electron chi connectivity index (χ4n) is 2.02. The van der Waals surface area contributed by atoms with Crippen LogP contribution in [-0.2, 0) is 0 Å². The van der Waals surface area contributed by atoms with E-state index in [1.165, 1.54) is 5.56 Å². The van der Waals surface area contributed by atoms with Gasteiger partial charge in [-0.1, -0.05) is 54.6 Å². The molecule has 0 atom stereocenters. The van der Waals surface area contributed by atoms with E-state index in [4.69, 9.17) is 0 Å². The highest BCUT2D eigenvalue weighted by atomic mass is 16.1. The molecule has 0 radical (unpaired) electrons. The van der Waals surface area contributed by atoms with Crippen LogP contribution in [0, 0.1) is 0 Å². The highest BCUT2D eigenvalue weighted by Crippen LogP contribution is 2.23. The van der Waals surface area contributed by atoms with E-state index in [1.54, 1.807) is 6.92 Å². The predicted octanol–water partition coefficient (Wildman–Crippen LogP) is 4.34. The van der Waals surface area contributed by atoms with Crippen molar-refractivity contribution in [3.8, 4) is 0 Å². The van der Waals surface area contributed by atoms with E-state index in [9.17, 15) is 4.79 Å². The molecule has 2 aromatic rings. The molecule has 0 amide bonds. The zero-order chi connectivity index (χ0) is 13.0. The molecule has 0 heterocycles. The van der Waals surface area contributed by atoms with E-state index in [2.05, 4.69) is 18.2 Å². The molecule has 0 saturated carbocycles. The van der Waals surface area contributed by atoms with Crippen molar-refractivity contribution in [3.05, 3.63) is 77.4 Å². The molecule has 1 nitrogen and oxygen atoms in total. The van der Waals surface area contributed by atoms with Gasteiger partial charge in [0.2, 0.25) is 0 Å². The number of rotatable bonds is 3. The van der Waals surface area contributed by atoms with Crippen molar-refractivity contribution >= 4 is 11.4 Å². The van der Waals surface area contributed by atoms with Gasteiger partial charge in [-0.2, -0.15) is 0 Å². The lowest BCUT2D eigenvalue weighted by Gasteiger charge is -2.08. The highest BCUT2D eigenvalue weighted by Gasteiger charge is 2.06. The maximum atomic E-state index is 11.4. The van der Waals surface area contributed by atoms with Crippen LogP contribution in [0.3, 0.4) is 0 Å². The highest BCUT2D eigenvalue weighted by molar-refractivity contribution is 5.95. The van der Waals surface area contributed by atoms with Crippen molar-refractivity contribution in [2.45, 2.75) is 13.8 Å². The molecule has 0 aromatic heterocycles. The molecule has 0 aliphatic rings. The van der Waals surface area contributed by atoms with Crippen LogP contribution in [-0.4, -0.2) is 5.78 Å². The molecule has 0 spiro atoms. The summed E-state index contributed by atoms with van der Waals surface area (Å²) in [7, 11) is 0. The smallest absolute Gasteiger partial charge is 0.159 e. The number of ketones is 1. The average Bonchev–Trinajstić information content (AvgIpc) is 2.41. The van der Waals surface area contributed by atoms with Gasteiger partial charge < -0.3 is 0 Å². The molecule has 90 valence electrons. The van der Waals surface area contributed by atoms with Gasteiger partial charge in [0, 0.05) is 5.56 Å². The van der Waals surface area contributed by atoms with E-state index < -0.39 is 0 Å². The van der Waals surface area contributed by atoms with Gasteiger partial charge in [-0.3, -0.25) is 4.79 Å². The lowest BCUT2D eigenvalue weighted by Crippen LogP contribution is -1.94. The fraction of sp³-hybridized carbons (Fsp3) is 0.118. The van der Waals surface area contributed by atoms with E-state index in [1.807, 2.05) is 49.4 Å². The lowest BCUT2D eigenvalue weighted by atomic mass is 9.96. The van der Waals surface area contributed by atoms with Gasteiger partial charge >= 0.3 is 0 Å². The summed E-state index contributed by atoms with van der Waals surface area (Å²) in [6.45, 7) is 3.61. The maximum Gasteiger partial charge on any atom is 0.159 e. The first kappa shape index (κ1) is 12.3. The Hall–Kier alpha value is -2.15. The zero-order valence-electron chi connectivity index (χ0n) is 10.7. The first-order chi connectivity index (χ1) is 8.72. The summed E-state index contributed by atoms with van der Waals surface area (Å²) >= 11 is 0. The largest absolute Gasteiger partial charge is 0.295 e. The van der Waals surface area contributed by atoms with Crippen LogP contribution in [0.5, 0.6) is 0 Å². The molecule has 2 aromatic carbocycles.